The van der Waals surface area contributed by atoms with Crippen molar-refractivity contribution in [2.75, 3.05) is 33.8 Å². The van der Waals surface area contributed by atoms with Crippen LogP contribution in [0.15, 0.2) is 0 Å². The van der Waals surface area contributed by atoms with Gasteiger partial charge in [-0.25, -0.2) is 4.79 Å². The summed E-state index contributed by atoms with van der Waals surface area (Å²) in [6, 6.07) is 0.0716. The molecular weight excluding hydrogens is 208 g/mol. The van der Waals surface area contributed by atoms with E-state index in [4.69, 9.17) is 0 Å². The van der Waals surface area contributed by atoms with Crippen molar-refractivity contribution in [3.8, 4) is 0 Å². The number of ether oxygens (including phenoxy) is 1. The number of rotatable bonds is 4. The van der Waals surface area contributed by atoms with Gasteiger partial charge in [-0.3, -0.25) is 4.79 Å². The lowest BCUT2D eigenvalue weighted by atomic mass is 10.3. The fourth-order valence-corrected chi connectivity index (χ4v) is 1.81. The molecule has 0 aliphatic carbocycles. The van der Waals surface area contributed by atoms with Crippen LogP contribution in [0.2, 0.25) is 0 Å². The van der Waals surface area contributed by atoms with Crippen LogP contribution in [0, 0.1) is 0 Å². The van der Waals surface area contributed by atoms with Gasteiger partial charge in [0.05, 0.1) is 7.11 Å². The average Bonchev–Trinajstić information content (AvgIpc) is 2.81. The molecule has 0 saturated carbocycles. The molecule has 1 saturated heterocycles. The summed E-state index contributed by atoms with van der Waals surface area (Å²) in [7, 11) is 3.15. The third kappa shape index (κ3) is 3.72. The Morgan fingerprint density at radius 2 is 1.94 bits per heavy atom. The lowest BCUT2D eigenvalue weighted by Gasteiger charge is -2.24. The van der Waals surface area contributed by atoms with E-state index in [0.717, 1.165) is 25.9 Å². The third-order valence-electron chi connectivity index (χ3n) is 2.81. The molecule has 1 fully saturated rings. The summed E-state index contributed by atoms with van der Waals surface area (Å²) < 4.78 is 4.54. The van der Waals surface area contributed by atoms with E-state index in [1.807, 2.05) is 4.90 Å². The molecule has 0 N–H and O–H groups in total. The molecule has 1 rings (SSSR count). The summed E-state index contributed by atoms with van der Waals surface area (Å²) in [5.74, 6) is -0.220. The monoisotopic (exact) mass is 228 g/mol. The second-order valence-electron chi connectivity index (χ2n) is 4.08. The van der Waals surface area contributed by atoms with Gasteiger partial charge in [0, 0.05) is 33.1 Å². The van der Waals surface area contributed by atoms with E-state index >= 15 is 0 Å². The quantitative estimate of drug-likeness (QED) is 0.677. The average molecular weight is 228 g/mol. The van der Waals surface area contributed by atoms with Crippen molar-refractivity contribution in [1.82, 2.24) is 9.80 Å². The molecule has 0 aromatic heterocycles. The first kappa shape index (κ1) is 12.8. The largest absolute Gasteiger partial charge is 0.469 e. The van der Waals surface area contributed by atoms with Crippen LogP contribution in [0.4, 0.5) is 4.79 Å². The van der Waals surface area contributed by atoms with Crippen LogP contribution in [0.3, 0.4) is 0 Å². The molecule has 0 radical (unpaired) electrons. The number of methoxy groups -OCH3 is 1. The second kappa shape index (κ2) is 6.35. The molecule has 1 aliphatic heterocycles. The van der Waals surface area contributed by atoms with E-state index in [2.05, 4.69) is 4.74 Å². The molecule has 0 aromatic carbocycles. The zero-order valence-electron chi connectivity index (χ0n) is 10.1. The maximum Gasteiger partial charge on any atom is 0.319 e. The molecule has 0 bridgehead atoms. The highest BCUT2D eigenvalue weighted by molar-refractivity contribution is 5.74. The SMILES string of the molecule is COC(=O)CCCN(C)C(=O)N1CCCC1. The van der Waals surface area contributed by atoms with Gasteiger partial charge in [-0.1, -0.05) is 0 Å². The first-order chi connectivity index (χ1) is 7.65. The number of carbonyl (C=O) groups is 2. The van der Waals surface area contributed by atoms with Gasteiger partial charge in [0.1, 0.15) is 0 Å². The first-order valence-electron chi connectivity index (χ1n) is 5.72. The Labute approximate surface area is 96.3 Å². The highest BCUT2D eigenvalue weighted by Gasteiger charge is 2.20. The van der Waals surface area contributed by atoms with Crippen LogP contribution in [-0.2, 0) is 9.53 Å². The highest BCUT2D eigenvalue weighted by Crippen LogP contribution is 2.10. The van der Waals surface area contributed by atoms with Crippen molar-refractivity contribution < 1.29 is 14.3 Å². The zero-order chi connectivity index (χ0) is 12.0. The van der Waals surface area contributed by atoms with Gasteiger partial charge in [0.25, 0.3) is 0 Å². The molecule has 92 valence electrons. The fourth-order valence-electron chi connectivity index (χ4n) is 1.81. The lowest BCUT2D eigenvalue weighted by Crippen LogP contribution is -2.39. The van der Waals surface area contributed by atoms with Gasteiger partial charge in [0.15, 0.2) is 0 Å². The van der Waals surface area contributed by atoms with E-state index < -0.39 is 0 Å². The van der Waals surface area contributed by atoms with E-state index in [1.54, 1.807) is 11.9 Å². The van der Waals surface area contributed by atoms with Gasteiger partial charge < -0.3 is 14.5 Å². The number of urea groups is 1. The van der Waals surface area contributed by atoms with Crippen molar-refractivity contribution in [3.05, 3.63) is 0 Å². The van der Waals surface area contributed by atoms with Crippen molar-refractivity contribution in [1.29, 1.82) is 0 Å². The standard InChI is InChI=1S/C11H20N2O3/c1-12(7-5-6-10(14)16-2)11(15)13-8-3-4-9-13/h3-9H2,1-2H3. The number of carbonyl (C=O) groups excluding carboxylic acids is 2. The summed E-state index contributed by atoms with van der Waals surface area (Å²) in [4.78, 5) is 26.2. The second-order valence-corrected chi connectivity index (χ2v) is 4.08. The Morgan fingerprint density at radius 3 is 2.50 bits per heavy atom. The number of amides is 2. The summed E-state index contributed by atoms with van der Waals surface area (Å²) in [5.41, 5.74) is 0. The van der Waals surface area contributed by atoms with Crippen molar-refractivity contribution >= 4 is 12.0 Å². The minimum atomic E-state index is -0.220. The summed E-state index contributed by atoms with van der Waals surface area (Å²) in [6.45, 7) is 2.32. The van der Waals surface area contributed by atoms with Crippen molar-refractivity contribution in [2.45, 2.75) is 25.7 Å². The molecule has 0 spiro atoms. The minimum Gasteiger partial charge on any atom is -0.469 e. The normalized spacial score (nSPS) is 15.0. The maximum atomic E-state index is 11.8. The van der Waals surface area contributed by atoms with Crippen molar-refractivity contribution in [3.63, 3.8) is 0 Å². The van der Waals surface area contributed by atoms with E-state index in [-0.39, 0.29) is 12.0 Å². The van der Waals surface area contributed by atoms with Gasteiger partial charge in [0.2, 0.25) is 0 Å². The summed E-state index contributed by atoms with van der Waals surface area (Å²) >= 11 is 0. The molecule has 2 amide bonds. The molecule has 5 nitrogen and oxygen atoms in total. The van der Waals surface area contributed by atoms with E-state index in [1.165, 1.54) is 7.11 Å². The van der Waals surface area contributed by atoms with E-state index in [0.29, 0.717) is 19.4 Å². The molecule has 16 heavy (non-hydrogen) atoms. The third-order valence-corrected chi connectivity index (χ3v) is 2.81. The minimum absolute atomic E-state index is 0.0716. The number of esters is 1. The van der Waals surface area contributed by atoms with Crippen LogP contribution < -0.4 is 0 Å². The topological polar surface area (TPSA) is 49.9 Å². The molecule has 5 heteroatoms. The van der Waals surface area contributed by atoms with Gasteiger partial charge in [-0.15, -0.1) is 0 Å². The highest BCUT2D eigenvalue weighted by atomic mass is 16.5. The fraction of sp³-hybridized carbons (Fsp3) is 0.818. The molecule has 1 heterocycles. The first-order valence-corrected chi connectivity index (χ1v) is 5.72. The maximum absolute atomic E-state index is 11.8. The number of hydrogen-bond donors (Lipinski definition) is 0. The smallest absolute Gasteiger partial charge is 0.319 e. The van der Waals surface area contributed by atoms with Gasteiger partial charge >= 0.3 is 12.0 Å². The van der Waals surface area contributed by atoms with Crippen LogP contribution >= 0.6 is 0 Å². The van der Waals surface area contributed by atoms with E-state index in [9.17, 15) is 9.59 Å². The van der Waals surface area contributed by atoms with Crippen LogP contribution in [0.25, 0.3) is 0 Å². The molecule has 0 unspecified atom stereocenters. The molecule has 0 atom stereocenters. The molecule has 0 aromatic rings. The number of nitrogens with zero attached hydrogens (tertiary/aromatic N) is 2. The zero-order valence-corrected chi connectivity index (χ0v) is 10.1. The number of likely N-dealkylation sites (tertiary alicyclic amines) is 1. The summed E-state index contributed by atoms with van der Waals surface area (Å²) in [5, 5.41) is 0. The van der Waals surface area contributed by atoms with Crippen LogP contribution in [-0.4, -0.2) is 55.6 Å². The van der Waals surface area contributed by atoms with Gasteiger partial charge in [-0.05, 0) is 19.3 Å². The Kier molecular flexibility index (Phi) is 5.08. The van der Waals surface area contributed by atoms with Crippen LogP contribution in [0.5, 0.6) is 0 Å². The van der Waals surface area contributed by atoms with Crippen molar-refractivity contribution in [2.24, 2.45) is 0 Å². The predicted molar refractivity (Wildman–Crippen MR) is 60.1 cm³/mol. The van der Waals surface area contributed by atoms with Crippen LogP contribution in [0.1, 0.15) is 25.7 Å². The molecular formula is C11H20N2O3. The van der Waals surface area contributed by atoms with Gasteiger partial charge in [-0.2, -0.15) is 0 Å². The molecule has 1 aliphatic rings. The Hall–Kier alpha value is -1.26. The summed E-state index contributed by atoms with van der Waals surface area (Å²) in [6.07, 6.45) is 3.22. The number of hydrogen-bond acceptors (Lipinski definition) is 3. The predicted octanol–water partition coefficient (Wildman–Crippen LogP) is 1.09. The lowest BCUT2D eigenvalue weighted by molar-refractivity contribution is -0.140. The Balaban J connectivity index is 2.20. The Morgan fingerprint density at radius 1 is 1.31 bits per heavy atom. The Bertz CT molecular complexity index is 250.